The van der Waals surface area contributed by atoms with E-state index >= 15 is 0 Å². The number of aromatic nitrogens is 2. The van der Waals surface area contributed by atoms with Gasteiger partial charge in [-0.15, -0.1) is 11.8 Å². The molecule has 0 saturated carbocycles. The van der Waals surface area contributed by atoms with Crippen LogP contribution in [0.1, 0.15) is 17.8 Å². The van der Waals surface area contributed by atoms with Gasteiger partial charge in [-0.1, -0.05) is 17.3 Å². The minimum absolute atomic E-state index is 0.0181. The molecule has 1 amide bonds. The Morgan fingerprint density at radius 1 is 1.43 bits per heavy atom. The lowest BCUT2D eigenvalue weighted by Crippen LogP contribution is -2.47. The molecule has 1 aromatic carbocycles. The first-order chi connectivity index (χ1) is 10.2. The highest BCUT2D eigenvalue weighted by molar-refractivity contribution is 9.10. The van der Waals surface area contributed by atoms with Gasteiger partial charge >= 0.3 is 0 Å². The molecule has 1 saturated heterocycles. The summed E-state index contributed by atoms with van der Waals surface area (Å²) < 4.78 is 6.31. The fourth-order valence-electron chi connectivity index (χ4n) is 1.91. The van der Waals surface area contributed by atoms with Gasteiger partial charge < -0.3 is 9.84 Å². The lowest BCUT2D eigenvalue weighted by atomic mass is 10.2. The Morgan fingerprint density at radius 2 is 2.29 bits per heavy atom. The first-order valence-corrected chi connectivity index (χ1v) is 8.20. The molecule has 2 N–H and O–H groups in total. The predicted molar refractivity (Wildman–Crippen MR) is 81.8 cm³/mol. The van der Waals surface area contributed by atoms with E-state index in [2.05, 4.69) is 36.7 Å². The minimum atomic E-state index is -0.114. The zero-order valence-corrected chi connectivity index (χ0v) is 13.4. The lowest BCUT2D eigenvalue weighted by molar-refractivity contribution is -0.121. The Hall–Kier alpha value is -1.38. The fraction of sp³-hybridized carbons (Fsp3) is 0.308. The van der Waals surface area contributed by atoms with Crippen molar-refractivity contribution in [2.24, 2.45) is 0 Å². The summed E-state index contributed by atoms with van der Waals surface area (Å²) in [6.07, 6.45) is 0. The van der Waals surface area contributed by atoms with E-state index in [1.54, 1.807) is 11.8 Å². The van der Waals surface area contributed by atoms with Gasteiger partial charge in [-0.05, 0) is 28.1 Å². The average molecular weight is 369 g/mol. The van der Waals surface area contributed by atoms with Gasteiger partial charge in [-0.25, -0.2) is 0 Å². The molecule has 1 aliphatic rings. The number of hydrogen-bond acceptors (Lipinski definition) is 6. The molecule has 0 aliphatic carbocycles. The topological polar surface area (TPSA) is 80.1 Å². The average Bonchev–Trinajstić information content (AvgIpc) is 2.96. The summed E-state index contributed by atoms with van der Waals surface area (Å²) in [6, 6.07) is 7.89. The van der Waals surface area contributed by atoms with E-state index in [-0.39, 0.29) is 18.5 Å². The summed E-state index contributed by atoms with van der Waals surface area (Å²) >= 11 is 5.15. The first kappa shape index (κ1) is 14.6. The number of halogens is 1. The molecule has 1 aromatic heterocycles. The van der Waals surface area contributed by atoms with Crippen molar-refractivity contribution < 1.29 is 9.32 Å². The van der Waals surface area contributed by atoms with Crippen molar-refractivity contribution in [3.05, 3.63) is 40.5 Å². The maximum atomic E-state index is 11.1. The Morgan fingerprint density at radius 3 is 3.05 bits per heavy atom. The highest BCUT2D eigenvalue weighted by atomic mass is 79.9. The number of carbonyl (C=O) groups is 1. The zero-order chi connectivity index (χ0) is 14.7. The highest BCUT2D eigenvalue weighted by Crippen LogP contribution is 2.29. The molecule has 1 atom stereocenters. The second-order valence-corrected chi connectivity index (χ2v) is 6.38. The number of benzene rings is 1. The molecular formula is C13H13BrN4O2S. The number of hydrogen-bond donors (Lipinski definition) is 2. The summed E-state index contributed by atoms with van der Waals surface area (Å²) in [5.74, 6) is 1.77. The molecule has 2 heterocycles. The molecule has 110 valence electrons. The standard InChI is InChI=1S/C13H13BrN4O2S/c14-8-3-1-2-4-10(8)21-7-11-17-13(20-18-11)9-5-16-12(19)6-15-9/h1-4,9,15H,5-7H2,(H,16,19). The van der Waals surface area contributed by atoms with Crippen molar-refractivity contribution in [2.75, 3.05) is 13.1 Å². The summed E-state index contributed by atoms with van der Waals surface area (Å²) in [5.41, 5.74) is 0. The molecule has 1 aliphatic heterocycles. The molecular weight excluding hydrogens is 356 g/mol. The van der Waals surface area contributed by atoms with Crippen LogP contribution in [0.4, 0.5) is 0 Å². The van der Waals surface area contributed by atoms with Gasteiger partial charge in [-0.2, -0.15) is 4.98 Å². The molecule has 0 spiro atoms. The molecule has 0 radical (unpaired) electrons. The third-order valence-electron chi connectivity index (χ3n) is 2.99. The van der Waals surface area contributed by atoms with Crippen LogP contribution >= 0.6 is 27.7 Å². The second kappa shape index (κ2) is 6.59. The van der Waals surface area contributed by atoms with Crippen LogP contribution in [0.5, 0.6) is 0 Å². The van der Waals surface area contributed by atoms with E-state index in [0.717, 1.165) is 9.37 Å². The maximum Gasteiger partial charge on any atom is 0.245 e. The molecule has 21 heavy (non-hydrogen) atoms. The molecule has 3 rings (SSSR count). The highest BCUT2D eigenvalue weighted by Gasteiger charge is 2.23. The van der Waals surface area contributed by atoms with Crippen LogP contribution in [-0.2, 0) is 10.5 Å². The molecule has 6 nitrogen and oxygen atoms in total. The third kappa shape index (κ3) is 3.63. The van der Waals surface area contributed by atoms with Crippen molar-refractivity contribution in [2.45, 2.75) is 16.7 Å². The van der Waals surface area contributed by atoms with Gasteiger partial charge in [0.25, 0.3) is 0 Å². The smallest absolute Gasteiger partial charge is 0.245 e. The summed E-state index contributed by atoms with van der Waals surface area (Å²) in [7, 11) is 0. The summed E-state index contributed by atoms with van der Waals surface area (Å²) in [4.78, 5) is 16.6. The van der Waals surface area contributed by atoms with Crippen LogP contribution in [0.15, 0.2) is 38.2 Å². The summed E-state index contributed by atoms with van der Waals surface area (Å²) in [5, 5.41) is 9.80. The minimum Gasteiger partial charge on any atom is -0.353 e. The van der Waals surface area contributed by atoms with Crippen molar-refractivity contribution in [3.63, 3.8) is 0 Å². The van der Waals surface area contributed by atoms with Gasteiger partial charge in [0.05, 0.1) is 12.3 Å². The van der Waals surface area contributed by atoms with Crippen molar-refractivity contribution in [3.8, 4) is 0 Å². The largest absolute Gasteiger partial charge is 0.353 e. The van der Waals surface area contributed by atoms with E-state index in [0.29, 0.717) is 24.0 Å². The molecule has 2 aromatic rings. The van der Waals surface area contributed by atoms with E-state index in [9.17, 15) is 4.79 Å². The quantitative estimate of drug-likeness (QED) is 0.802. The van der Waals surface area contributed by atoms with E-state index in [1.807, 2.05) is 24.3 Å². The molecule has 0 bridgehead atoms. The van der Waals surface area contributed by atoms with Crippen LogP contribution in [0.3, 0.4) is 0 Å². The third-order valence-corrected chi connectivity index (χ3v) is 5.01. The SMILES string of the molecule is O=C1CNC(c2nc(CSc3ccccc3Br)no2)CN1. The monoisotopic (exact) mass is 368 g/mol. The number of piperazine rings is 1. The number of nitrogens with one attached hydrogen (secondary N) is 2. The molecule has 1 fully saturated rings. The van der Waals surface area contributed by atoms with Crippen molar-refractivity contribution >= 4 is 33.6 Å². The first-order valence-electron chi connectivity index (χ1n) is 6.42. The molecule has 8 heteroatoms. The number of thioether (sulfide) groups is 1. The lowest BCUT2D eigenvalue weighted by Gasteiger charge is -2.20. The van der Waals surface area contributed by atoms with Crippen LogP contribution in [0.2, 0.25) is 0 Å². The Kier molecular flexibility index (Phi) is 4.57. The van der Waals surface area contributed by atoms with Gasteiger partial charge in [0.15, 0.2) is 5.82 Å². The maximum absolute atomic E-state index is 11.1. The van der Waals surface area contributed by atoms with Crippen LogP contribution in [0, 0.1) is 0 Å². The van der Waals surface area contributed by atoms with Crippen LogP contribution in [-0.4, -0.2) is 29.1 Å². The van der Waals surface area contributed by atoms with E-state index in [1.165, 1.54) is 0 Å². The van der Waals surface area contributed by atoms with Gasteiger partial charge in [0.2, 0.25) is 11.8 Å². The predicted octanol–water partition coefficient (Wildman–Crippen LogP) is 1.88. The van der Waals surface area contributed by atoms with Crippen LogP contribution < -0.4 is 10.6 Å². The molecule has 1 unspecified atom stereocenters. The second-order valence-electron chi connectivity index (χ2n) is 4.51. The number of carbonyl (C=O) groups excluding carboxylic acids is 1. The van der Waals surface area contributed by atoms with E-state index < -0.39 is 0 Å². The zero-order valence-electron chi connectivity index (χ0n) is 11.0. The van der Waals surface area contributed by atoms with Gasteiger partial charge in [-0.3, -0.25) is 10.1 Å². The summed E-state index contributed by atoms with van der Waals surface area (Å²) in [6.45, 7) is 0.742. The van der Waals surface area contributed by atoms with Gasteiger partial charge in [0, 0.05) is 15.9 Å². The van der Waals surface area contributed by atoms with Crippen LogP contribution in [0.25, 0.3) is 0 Å². The normalized spacial score (nSPS) is 18.5. The Labute approximate surface area is 134 Å². The number of amides is 1. The fourth-order valence-corrected chi connectivity index (χ4v) is 3.32. The van der Waals surface area contributed by atoms with Crippen molar-refractivity contribution in [1.29, 1.82) is 0 Å². The number of rotatable bonds is 4. The van der Waals surface area contributed by atoms with Gasteiger partial charge in [0.1, 0.15) is 6.04 Å². The Balaban J connectivity index is 1.60. The number of nitrogens with zero attached hydrogens (tertiary/aromatic N) is 2. The van der Waals surface area contributed by atoms with Crippen molar-refractivity contribution in [1.82, 2.24) is 20.8 Å². The van der Waals surface area contributed by atoms with E-state index in [4.69, 9.17) is 4.52 Å². The Bertz CT molecular complexity index is 639.